The Morgan fingerprint density at radius 1 is 0.931 bits per heavy atom. The van der Waals surface area contributed by atoms with Gasteiger partial charge >= 0.3 is 6.09 Å². The van der Waals surface area contributed by atoms with Crippen LogP contribution < -0.4 is 4.74 Å². The van der Waals surface area contributed by atoms with E-state index in [0.29, 0.717) is 39.4 Å². The number of ether oxygens (including phenoxy) is 2. The molecule has 29 heavy (non-hydrogen) atoms. The molecule has 1 saturated heterocycles. The molecule has 1 aliphatic heterocycles. The van der Waals surface area contributed by atoms with E-state index >= 15 is 0 Å². The van der Waals surface area contributed by atoms with Crippen molar-refractivity contribution in [3.8, 4) is 5.75 Å². The number of carbonyl (C=O) groups excluding carboxylic acids is 2. The second kappa shape index (κ2) is 10.3. The average Bonchev–Trinajstić information content (AvgIpc) is 2.78. The van der Waals surface area contributed by atoms with Crippen molar-refractivity contribution in [2.75, 3.05) is 32.8 Å². The van der Waals surface area contributed by atoms with Crippen molar-refractivity contribution in [1.82, 2.24) is 9.80 Å². The van der Waals surface area contributed by atoms with Crippen LogP contribution in [0.2, 0.25) is 0 Å². The van der Waals surface area contributed by atoms with Crippen LogP contribution in [0.3, 0.4) is 0 Å². The van der Waals surface area contributed by atoms with E-state index in [1.165, 1.54) is 0 Å². The molecular weight excluding hydrogens is 368 g/mol. The van der Waals surface area contributed by atoms with Crippen molar-refractivity contribution >= 4 is 18.1 Å². The first-order chi connectivity index (χ1) is 14.2. The van der Waals surface area contributed by atoms with Crippen molar-refractivity contribution in [2.45, 2.75) is 13.5 Å². The first kappa shape index (κ1) is 20.5. The molecule has 0 bridgehead atoms. The summed E-state index contributed by atoms with van der Waals surface area (Å²) in [7, 11) is 0. The Hall–Kier alpha value is -3.28. The fourth-order valence-electron chi connectivity index (χ4n) is 3.01. The van der Waals surface area contributed by atoms with Gasteiger partial charge in [-0.3, -0.25) is 4.79 Å². The summed E-state index contributed by atoms with van der Waals surface area (Å²) in [6.07, 6.45) is 3.05. The Morgan fingerprint density at radius 2 is 1.59 bits per heavy atom. The molecule has 1 aliphatic rings. The lowest BCUT2D eigenvalue weighted by molar-refractivity contribution is -0.127. The summed E-state index contributed by atoms with van der Waals surface area (Å²) in [5.74, 6) is 0.727. The Balaban J connectivity index is 1.46. The largest absolute Gasteiger partial charge is 0.489 e. The fraction of sp³-hybridized carbons (Fsp3) is 0.304. The zero-order valence-electron chi connectivity index (χ0n) is 16.6. The summed E-state index contributed by atoms with van der Waals surface area (Å²) in [4.78, 5) is 27.5. The van der Waals surface area contributed by atoms with Crippen LogP contribution in [0.4, 0.5) is 4.79 Å². The maximum Gasteiger partial charge on any atom is 0.409 e. The molecule has 1 heterocycles. The molecule has 2 aromatic carbocycles. The molecule has 0 aromatic heterocycles. The van der Waals surface area contributed by atoms with E-state index in [1.54, 1.807) is 28.9 Å². The van der Waals surface area contributed by atoms with Crippen LogP contribution in [-0.4, -0.2) is 54.6 Å². The standard InChI is InChI=1S/C23H26N2O4/c1-2-28-23(27)25-16-14-24(15-17-25)22(26)13-10-19-8-11-21(12-9-19)29-18-20-6-4-3-5-7-20/h3-13H,2,14-18H2,1H3/b13-10+. The summed E-state index contributed by atoms with van der Waals surface area (Å²) < 4.78 is 10.8. The number of benzene rings is 2. The lowest BCUT2D eigenvalue weighted by Crippen LogP contribution is -2.50. The van der Waals surface area contributed by atoms with Gasteiger partial charge < -0.3 is 19.3 Å². The van der Waals surface area contributed by atoms with Crippen molar-refractivity contribution in [1.29, 1.82) is 0 Å². The molecule has 152 valence electrons. The minimum Gasteiger partial charge on any atom is -0.489 e. The third-order valence-electron chi connectivity index (χ3n) is 4.66. The van der Waals surface area contributed by atoms with Gasteiger partial charge in [-0.15, -0.1) is 0 Å². The van der Waals surface area contributed by atoms with Crippen LogP contribution in [-0.2, 0) is 16.1 Å². The first-order valence-electron chi connectivity index (χ1n) is 9.81. The van der Waals surface area contributed by atoms with Gasteiger partial charge in [-0.1, -0.05) is 42.5 Å². The highest BCUT2D eigenvalue weighted by atomic mass is 16.6. The topological polar surface area (TPSA) is 59.1 Å². The van der Waals surface area contributed by atoms with Gasteiger partial charge in [0.2, 0.25) is 5.91 Å². The van der Waals surface area contributed by atoms with E-state index in [-0.39, 0.29) is 12.0 Å². The summed E-state index contributed by atoms with van der Waals surface area (Å²) in [6, 6.07) is 17.6. The van der Waals surface area contributed by atoms with Gasteiger partial charge in [-0.25, -0.2) is 4.79 Å². The lowest BCUT2D eigenvalue weighted by Gasteiger charge is -2.33. The minimum absolute atomic E-state index is 0.0575. The second-order valence-corrected chi connectivity index (χ2v) is 6.69. The van der Waals surface area contributed by atoms with E-state index < -0.39 is 0 Å². The normalized spacial score (nSPS) is 14.1. The number of rotatable bonds is 6. The summed E-state index contributed by atoms with van der Waals surface area (Å²) in [5.41, 5.74) is 2.04. The predicted molar refractivity (Wildman–Crippen MR) is 111 cm³/mol. The predicted octanol–water partition coefficient (Wildman–Crippen LogP) is 3.58. The molecule has 0 unspecified atom stereocenters. The molecule has 0 spiro atoms. The zero-order valence-corrected chi connectivity index (χ0v) is 16.6. The molecule has 0 N–H and O–H groups in total. The van der Waals surface area contributed by atoms with E-state index in [4.69, 9.17) is 9.47 Å². The highest BCUT2D eigenvalue weighted by molar-refractivity contribution is 5.92. The van der Waals surface area contributed by atoms with Crippen molar-refractivity contribution in [2.24, 2.45) is 0 Å². The molecule has 2 amide bonds. The summed E-state index contributed by atoms with van der Waals surface area (Å²) >= 11 is 0. The van der Waals surface area contributed by atoms with Gasteiger partial charge in [-0.2, -0.15) is 0 Å². The van der Waals surface area contributed by atoms with Gasteiger partial charge in [0.25, 0.3) is 0 Å². The maximum atomic E-state index is 12.4. The molecule has 2 aromatic rings. The second-order valence-electron chi connectivity index (χ2n) is 6.69. The van der Waals surface area contributed by atoms with E-state index in [0.717, 1.165) is 16.9 Å². The number of piperazine rings is 1. The molecule has 0 saturated carbocycles. The highest BCUT2D eigenvalue weighted by Gasteiger charge is 2.23. The fourth-order valence-corrected chi connectivity index (χ4v) is 3.01. The molecule has 6 nitrogen and oxygen atoms in total. The first-order valence-corrected chi connectivity index (χ1v) is 9.81. The molecular formula is C23H26N2O4. The van der Waals surface area contributed by atoms with Gasteiger partial charge in [0.15, 0.2) is 0 Å². The average molecular weight is 394 g/mol. The number of hydrogen-bond acceptors (Lipinski definition) is 4. The Labute approximate surface area is 171 Å². The number of carbonyl (C=O) groups is 2. The Morgan fingerprint density at radius 3 is 2.24 bits per heavy atom. The van der Waals surface area contributed by atoms with Gasteiger partial charge in [-0.05, 0) is 36.3 Å². The van der Waals surface area contributed by atoms with Gasteiger partial charge in [0, 0.05) is 32.3 Å². The highest BCUT2D eigenvalue weighted by Crippen LogP contribution is 2.15. The smallest absolute Gasteiger partial charge is 0.409 e. The Bertz CT molecular complexity index is 826. The monoisotopic (exact) mass is 394 g/mol. The number of hydrogen-bond donors (Lipinski definition) is 0. The molecule has 1 fully saturated rings. The van der Waals surface area contributed by atoms with Crippen LogP contribution >= 0.6 is 0 Å². The van der Waals surface area contributed by atoms with E-state index in [1.807, 2.05) is 54.6 Å². The van der Waals surface area contributed by atoms with Crippen LogP contribution in [0, 0.1) is 0 Å². The van der Waals surface area contributed by atoms with Crippen LogP contribution in [0.5, 0.6) is 5.75 Å². The van der Waals surface area contributed by atoms with Crippen molar-refractivity contribution < 1.29 is 19.1 Å². The van der Waals surface area contributed by atoms with Crippen molar-refractivity contribution in [3.05, 3.63) is 71.8 Å². The SMILES string of the molecule is CCOC(=O)N1CCN(C(=O)/C=C/c2ccc(OCc3ccccc3)cc2)CC1. The summed E-state index contributed by atoms with van der Waals surface area (Å²) in [6.45, 7) is 4.66. The lowest BCUT2D eigenvalue weighted by atomic mass is 10.2. The molecule has 6 heteroatoms. The minimum atomic E-state index is -0.315. The van der Waals surface area contributed by atoms with Crippen LogP contribution in [0.15, 0.2) is 60.7 Å². The van der Waals surface area contributed by atoms with E-state index in [9.17, 15) is 9.59 Å². The number of nitrogens with zero attached hydrogens (tertiary/aromatic N) is 2. The third-order valence-corrected chi connectivity index (χ3v) is 4.66. The number of amides is 2. The third kappa shape index (κ3) is 6.10. The van der Waals surface area contributed by atoms with Crippen LogP contribution in [0.1, 0.15) is 18.1 Å². The molecule has 0 radical (unpaired) electrons. The molecule has 0 atom stereocenters. The Kier molecular flexibility index (Phi) is 7.28. The van der Waals surface area contributed by atoms with E-state index in [2.05, 4.69) is 0 Å². The van der Waals surface area contributed by atoms with Crippen LogP contribution in [0.25, 0.3) is 6.08 Å². The zero-order chi connectivity index (χ0) is 20.5. The molecule has 3 rings (SSSR count). The van der Waals surface area contributed by atoms with Gasteiger partial charge in [0.1, 0.15) is 12.4 Å². The molecule has 0 aliphatic carbocycles. The van der Waals surface area contributed by atoms with Crippen molar-refractivity contribution in [3.63, 3.8) is 0 Å². The maximum absolute atomic E-state index is 12.4. The van der Waals surface area contributed by atoms with Gasteiger partial charge in [0.05, 0.1) is 6.61 Å². The quantitative estimate of drug-likeness (QED) is 0.703. The summed E-state index contributed by atoms with van der Waals surface area (Å²) in [5, 5.41) is 0.